The molecule has 3 rings (SSSR count). The van der Waals surface area contributed by atoms with Crippen molar-refractivity contribution in [3.8, 4) is 0 Å². The first kappa shape index (κ1) is 12.2. The van der Waals surface area contributed by atoms with Crippen LogP contribution >= 0.6 is 0 Å². The fourth-order valence-electron chi connectivity index (χ4n) is 2.66. The highest BCUT2D eigenvalue weighted by Gasteiger charge is 2.37. The fourth-order valence-corrected chi connectivity index (χ4v) is 2.66. The molecule has 100 valence electrons. The second-order valence-corrected chi connectivity index (χ2v) is 4.81. The van der Waals surface area contributed by atoms with E-state index in [-0.39, 0.29) is 17.8 Å². The minimum atomic E-state index is -0.152. The molecule has 2 heterocycles. The standard InChI is InChI=1S/C15H17NO3/c1-2-18-15(17)12-9-16-8-11(12)14-7-10-5-3-4-6-13(10)19-14/h3-7,11-12,16H,2,8-9H2,1H3/t11-,12-/m1/s1. The maximum atomic E-state index is 11.9. The van der Waals surface area contributed by atoms with Gasteiger partial charge in [-0.1, -0.05) is 18.2 Å². The molecule has 1 aliphatic heterocycles. The number of benzene rings is 1. The van der Waals surface area contributed by atoms with Crippen LogP contribution in [0.5, 0.6) is 0 Å². The zero-order valence-electron chi connectivity index (χ0n) is 10.9. The predicted molar refractivity (Wildman–Crippen MR) is 71.9 cm³/mol. The van der Waals surface area contributed by atoms with Gasteiger partial charge in [0, 0.05) is 24.4 Å². The van der Waals surface area contributed by atoms with E-state index in [0.717, 1.165) is 23.3 Å². The molecule has 4 nitrogen and oxygen atoms in total. The van der Waals surface area contributed by atoms with Crippen LogP contribution in [0.4, 0.5) is 0 Å². The number of hydrogen-bond acceptors (Lipinski definition) is 4. The number of ether oxygens (including phenoxy) is 1. The lowest BCUT2D eigenvalue weighted by Gasteiger charge is -2.14. The average molecular weight is 259 g/mol. The predicted octanol–water partition coefficient (Wildman–Crippen LogP) is 2.30. The van der Waals surface area contributed by atoms with Gasteiger partial charge in [0.15, 0.2) is 0 Å². The van der Waals surface area contributed by atoms with Gasteiger partial charge in [-0.3, -0.25) is 4.79 Å². The lowest BCUT2D eigenvalue weighted by atomic mass is 9.93. The zero-order valence-corrected chi connectivity index (χ0v) is 10.9. The molecule has 1 aromatic carbocycles. The maximum absolute atomic E-state index is 11.9. The topological polar surface area (TPSA) is 51.5 Å². The van der Waals surface area contributed by atoms with Gasteiger partial charge in [-0.15, -0.1) is 0 Å². The molecule has 1 aromatic heterocycles. The fraction of sp³-hybridized carbons (Fsp3) is 0.400. The first-order valence-electron chi connectivity index (χ1n) is 6.65. The van der Waals surface area contributed by atoms with Crippen LogP contribution in [-0.4, -0.2) is 25.7 Å². The van der Waals surface area contributed by atoms with Crippen molar-refractivity contribution >= 4 is 16.9 Å². The first-order chi connectivity index (χ1) is 9.29. The minimum Gasteiger partial charge on any atom is -0.466 e. The van der Waals surface area contributed by atoms with E-state index >= 15 is 0 Å². The Balaban J connectivity index is 1.89. The Kier molecular flexibility index (Phi) is 3.25. The second kappa shape index (κ2) is 5.05. The number of rotatable bonds is 3. The summed E-state index contributed by atoms with van der Waals surface area (Å²) in [5, 5.41) is 4.32. The van der Waals surface area contributed by atoms with E-state index in [1.807, 2.05) is 37.3 Å². The Bertz CT molecular complexity index is 557. The third kappa shape index (κ3) is 2.24. The molecule has 0 amide bonds. The Hall–Kier alpha value is -1.81. The van der Waals surface area contributed by atoms with Gasteiger partial charge in [-0.25, -0.2) is 0 Å². The van der Waals surface area contributed by atoms with Crippen molar-refractivity contribution in [2.24, 2.45) is 5.92 Å². The highest BCUT2D eigenvalue weighted by Crippen LogP contribution is 2.33. The Morgan fingerprint density at radius 2 is 2.26 bits per heavy atom. The summed E-state index contributed by atoms with van der Waals surface area (Å²) < 4.78 is 11.0. The van der Waals surface area contributed by atoms with E-state index in [9.17, 15) is 4.79 Å². The van der Waals surface area contributed by atoms with Crippen LogP contribution in [0.1, 0.15) is 18.6 Å². The monoisotopic (exact) mass is 259 g/mol. The van der Waals surface area contributed by atoms with Crippen molar-refractivity contribution in [3.05, 3.63) is 36.1 Å². The van der Waals surface area contributed by atoms with E-state index in [0.29, 0.717) is 13.2 Å². The van der Waals surface area contributed by atoms with Crippen molar-refractivity contribution in [1.82, 2.24) is 5.32 Å². The van der Waals surface area contributed by atoms with Crippen molar-refractivity contribution in [2.45, 2.75) is 12.8 Å². The number of para-hydroxylation sites is 1. The van der Waals surface area contributed by atoms with Gasteiger partial charge in [0.25, 0.3) is 0 Å². The van der Waals surface area contributed by atoms with Crippen LogP contribution < -0.4 is 5.32 Å². The molecule has 19 heavy (non-hydrogen) atoms. The van der Waals surface area contributed by atoms with Gasteiger partial charge < -0.3 is 14.5 Å². The molecular formula is C15H17NO3. The summed E-state index contributed by atoms with van der Waals surface area (Å²) in [5.74, 6) is 0.633. The van der Waals surface area contributed by atoms with Crippen LogP contribution in [0, 0.1) is 5.92 Å². The summed E-state index contributed by atoms with van der Waals surface area (Å²) in [4.78, 5) is 11.9. The molecule has 1 fully saturated rings. The Labute approximate surface area is 111 Å². The molecular weight excluding hydrogens is 242 g/mol. The maximum Gasteiger partial charge on any atom is 0.311 e. The SMILES string of the molecule is CCOC(=O)[C@@H]1CNC[C@H]1c1cc2ccccc2o1. The lowest BCUT2D eigenvalue weighted by molar-refractivity contribution is -0.147. The summed E-state index contributed by atoms with van der Waals surface area (Å²) in [6.45, 7) is 3.66. The number of hydrogen-bond donors (Lipinski definition) is 1. The molecule has 0 saturated carbocycles. The Morgan fingerprint density at radius 3 is 3.05 bits per heavy atom. The summed E-state index contributed by atoms with van der Waals surface area (Å²) in [6, 6.07) is 9.92. The molecule has 1 saturated heterocycles. The van der Waals surface area contributed by atoms with Gasteiger partial charge in [-0.05, 0) is 19.1 Å². The lowest BCUT2D eigenvalue weighted by Crippen LogP contribution is -2.23. The second-order valence-electron chi connectivity index (χ2n) is 4.81. The van der Waals surface area contributed by atoms with Gasteiger partial charge in [0.2, 0.25) is 0 Å². The molecule has 1 N–H and O–H groups in total. The van der Waals surface area contributed by atoms with Crippen molar-refractivity contribution < 1.29 is 13.9 Å². The number of furan rings is 1. The zero-order chi connectivity index (χ0) is 13.2. The molecule has 0 aliphatic carbocycles. The molecule has 0 unspecified atom stereocenters. The summed E-state index contributed by atoms with van der Waals surface area (Å²) in [5.41, 5.74) is 0.868. The van der Waals surface area contributed by atoms with Crippen LogP contribution in [0.2, 0.25) is 0 Å². The average Bonchev–Trinajstić information content (AvgIpc) is 3.05. The number of carbonyl (C=O) groups excluding carboxylic acids is 1. The van der Waals surface area contributed by atoms with Crippen LogP contribution in [-0.2, 0) is 9.53 Å². The van der Waals surface area contributed by atoms with Gasteiger partial charge in [0.05, 0.1) is 12.5 Å². The van der Waals surface area contributed by atoms with Crippen LogP contribution in [0.25, 0.3) is 11.0 Å². The summed E-state index contributed by atoms with van der Waals surface area (Å²) >= 11 is 0. The highest BCUT2D eigenvalue weighted by molar-refractivity contribution is 5.79. The quantitative estimate of drug-likeness (QED) is 0.859. The molecule has 1 aliphatic rings. The molecule has 2 atom stereocenters. The van der Waals surface area contributed by atoms with E-state index in [2.05, 4.69) is 5.32 Å². The molecule has 4 heteroatoms. The normalized spacial score (nSPS) is 22.8. The van der Waals surface area contributed by atoms with E-state index < -0.39 is 0 Å². The van der Waals surface area contributed by atoms with Crippen molar-refractivity contribution in [3.63, 3.8) is 0 Å². The van der Waals surface area contributed by atoms with E-state index in [1.54, 1.807) is 0 Å². The molecule has 2 aromatic rings. The highest BCUT2D eigenvalue weighted by atomic mass is 16.5. The van der Waals surface area contributed by atoms with E-state index in [1.165, 1.54) is 0 Å². The van der Waals surface area contributed by atoms with Crippen LogP contribution in [0.3, 0.4) is 0 Å². The largest absolute Gasteiger partial charge is 0.466 e. The van der Waals surface area contributed by atoms with Crippen LogP contribution in [0.15, 0.2) is 34.7 Å². The number of nitrogens with one attached hydrogen (secondary N) is 1. The van der Waals surface area contributed by atoms with Crippen molar-refractivity contribution in [2.75, 3.05) is 19.7 Å². The van der Waals surface area contributed by atoms with Gasteiger partial charge in [0.1, 0.15) is 11.3 Å². The third-order valence-corrected chi connectivity index (χ3v) is 3.61. The van der Waals surface area contributed by atoms with Gasteiger partial charge in [-0.2, -0.15) is 0 Å². The first-order valence-corrected chi connectivity index (χ1v) is 6.65. The minimum absolute atomic E-state index is 0.0615. The molecule has 0 spiro atoms. The number of esters is 1. The van der Waals surface area contributed by atoms with E-state index in [4.69, 9.17) is 9.15 Å². The summed E-state index contributed by atoms with van der Waals surface area (Å²) in [6.07, 6.45) is 0. The third-order valence-electron chi connectivity index (χ3n) is 3.61. The Morgan fingerprint density at radius 1 is 1.42 bits per heavy atom. The van der Waals surface area contributed by atoms with Crippen molar-refractivity contribution in [1.29, 1.82) is 0 Å². The van der Waals surface area contributed by atoms with Gasteiger partial charge >= 0.3 is 5.97 Å². The summed E-state index contributed by atoms with van der Waals surface area (Å²) in [7, 11) is 0. The smallest absolute Gasteiger partial charge is 0.311 e. The molecule has 0 radical (unpaired) electrons. The molecule has 0 bridgehead atoms. The number of carbonyl (C=O) groups is 1. The number of fused-ring (bicyclic) bond motifs is 1.